The SMILES string of the molecule is CC(=O)N[C@@]1([C@]23C[C@@H]2CN(CC(c2ccccc2)C2C=CC=CC2)C(=O)C2(C[C@H]2CCN=C(N)N)N3)C[C@@H]1c1ccc2ccccc2c1. The van der Waals surface area contributed by atoms with Crippen molar-refractivity contribution in [1.82, 2.24) is 15.5 Å². The zero-order valence-electron chi connectivity index (χ0n) is 27.6. The predicted octanol–water partition coefficient (Wildman–Crippen LogP) is 4.73. The quantitative estimate of drug-likeness (QED) is 0.188. The van der Waals surface area contributed by atoms with Crippen molar-refractivity contribution in [2.45, 2.75) is 67.5 Å². The molecule has 48 heavy (non-hydrogen) atoms. The Kier molecular flexibility index (Phi) is 7.47. The van der Waals surface area contributed by atoms with Crippen molar-refractivity contribution in [2.75, 3.05) is 19.6 Å². The molecule has 3 saturated carbocycles. The van der Waals surface area contributed by atoms with Gasteiger partial charge in [0.1, 0.15) is 5.54 Å². The number of aliphatic imine (C=N–C) groups is 1. The largest absolute Gasteiger partial charge is 0.370 e. The number of amides is 2. The summed E-state index contributed by atoms with van der Waals surface area (Å²) in [4.78, 5) is 34.3. The number of hydrogen-bond acceptors (Lipinski definition) is 4. The Balaban J connectivity index is 1.15. The molecular formula is C40H46N6O2. The molecule has 2 amide bonds. The third-order valence-corrected chi connectivity index (χ3v) is 12.0. The monoisotopic (exact) mass is 642 g/mol. The fourth-order valence-corrected chi connectivity index (χ4v) is 9.51. The van der Waals surface area contributed by atoms with Crippen LogP contribution >= 0.6 is 0 Å². The third kappa shape index (κ3) is 5.21. The van der Waals surface area contributed by atoms with Gasteiger partial charge in [0.25, 0.3) is 0 Å². The highest BCUT2D eigenvalue weighted by atomic mass is 16.2. The first kappa shape index (κ1) is 30.9. The highest BCUT2D eigenvalue weighted by Crippen LogP contribution is 2.70. The third-order valence-electron chi connectivity index (χ3n) is 12.0. The van der Waals surface area contributed by atoms with Crippen LogP contribution in [0.15, 0.2) is 102 Å². The normalized spacial score (nSPS) is 33.5. The number of carbonyl (C=O) groups is 2. The van der Waals surface area contributed by atoms with Crippen LogP contribution in [-0.4, -0.2) is 58.9 Å². The average Bonchev–Trinajstić information content (AvgIpc) is 4.04. The maximum absolute atomic E-state index is 14.9. The van der Waals surface area contributed by atoms with Gasteiger partial charge < -0.3 is 21.7 Å². The van der Waals surface area contributed by atoms with Crippen molar-refractivity contribution in [1.29, 1.82) is 0 Å². The van der Waals surface area contributed by atoms with Gasteiger partial charge in [-0.15, -0.1) is 0 Å². The van der Waals surface area contributed by atoms with Gasteiger partial charge in [-0.2, -0.15) is 0 Å². The molecule has 248 valence electrons. The lowest BCUT2D eigenvalue weighted by Gasteiger charge is -2.35. The van der Waals surface area contributed by atoms with Crippen LogP contribution < -0.4 is 22.1 Å². The second-order valence-electron chi connectivity index (χ2n) is 14.9. The Bertz CT molecular complexity index is 1830. The van der Waals surface area contributed by atoms with E-state index in [-0.39, 0.29) is 47.0 Å². The molecule has 1 saturated heterocycles. The van der Waals surface area contributed by atoms with Crippen LogP contribution in [0, 0.1) is 17.8 Å². The number of guanidine groups is 1. The van der Waals surface area contributed by atoms with Crippen molar-refractivity contribution >= 4 is 28.5 Å². The summed E-state index contributed by atoms with van der Waals surface area (Å²) in [6, 6.07) is 25.8. The topological polar surface area (TPSA) is 126 Å². The number of nitrogens with two attached hydrogens (primary N) is 2. The Morgan fingerprint density at radius 3 is 2.56 bits per heavy atom. The number of nitrogens with zero attached hydrogens (tertiary/aromatic N) is 2. The molecule has 8 heteroatoms. The number of fused-ring (bicyclic) bond motifs is 2. The van der Waals surface area contributed by atoms with E-state index < -0.39 is 11.1 Å². The van der Waals surface area contributed by atoms with Crippen molar-refractivity contribution < 1.29 is 9.59 Å². The molecule has 1 aliphatic heterocycles. The van der Waals surface area contributed by atoms with Crippen LogP contribution in [0.25, 0.3) is 10.8 Å². The Labute approximate surface area is 282 Å². The van der Waals surface area contributed by atoms with Gasteiger partial charge in [0.2, 0.25) is 11.8 Å². The number of hydrogen-bond donors (Lipinski definition) is 4. The number of benzene rings is 3. The first-order valence-electron chi connectivity index (χ1n) is 17.5. The van der Waals surface area contributed by atoms with Crippen LogP contribution in [0.5, 0.6) is 0 Å². The molecule has 0 aromatic heterocycles. The minimum atomic E-state index is -0.699. The van der Waals surface area contributed by atoms with Crippen molar-refractivity contribution in [2.24, 2.45) is 34.2 Å². The van der Waals surface area contributed by atoms with Gasteiger partial charge in [0, 0.05) is 43.9 Å². The molecule has 8 rings (SSSR count). The molecule has 3 aromatic rings. The summed E-state index contributed by atoms with van der Waals surface area (Å²) in [6.07, 6.45) is 13.0. The Hall–Kier alpha value is -4.43. The molecule has 1 spiro atoms. The van der Waals surface area contributed by atoms with Crippen LogP contribution in [0.1, 0.15) is 62.0 Å². The molecular weight excluding hydrogens is 596 g/mol. The van der Waals surface area contributed by atoms with Crippen molar-refractivity contribution in [3.63, 3.8) is 0 Å². The summed E-state index contributed by atoms with van der Waals surface area (Å²) in [5.41, 5.74) is 12.3. The van der Waals surface area contributed by atoms with Crippen LogP contribution in [0.3, 0.4) is 0 Å². The van der Waals surface area contributed by atoms with E-state index in [2.05, 4.69) is 118 Å². The maximum Gasteiger partial charge on any atom is 0.243 e. The molecule has 4 fully saturated rings. The lowest BCUT2D eigenvalue weighted by atomic mass is 9.81. The minimum absolute atomic E-state index is 0.0250. The van der Waals surface area contributed by atoms with Crippen molar-refractivity contribution in [3.05, 3.63) is 108 Å². The molecule has 0 radical (unpaired) electrons. The van der Waals surface area contributed by atoms with Crippen molar-refractivity contribution in [3.8, 4) is 0 Å². The van der Waals surface area contributed by atoms with Gasteiger partial charge >= 0.3 is 0 Å². The number of allylic oxidation sites excluding steroid dienone is 4. The fourth-order valence-electron chi connectivity index (χ4n) is 9.51. The van der Waals surface area contributed by atoms with E-state index >= 15 is 0 Å². The van der Waals surface area contributed by atoms with E-state index in [1.165, 1.54) is 21.9 Å². The molecule has 6 N–H and O–H groups in total. The Morgan fingerprint density at radius 1 is 1.02 bits per heavy atom. The molecule has 1 heterocycles. The maximum atomic E-state index is 14.9. The summed E-state index contributed by atoms with van der Waals surface area (Å²) < 4.78 is 0. The molecule has 5 aliphatic rings. The fraction of sp³-hybridized carbons (Fsp3) is 0.425. The van der Waals surface area contributed by atoms with E-state index in [1.807, 2.05) is 0 Å². The first-order valence-corrected chi connectivity index (χ1v) is 17.5. The predicted molar refractivity (Wildman–Crippen MR) is 190 cm³/mol. The van der Waals surface area contributed by atoms with Crippen LogP contribution in [0.4, 0.5) is 0 Å². The number of nitrogens with one attached hydrogen (secondary N) is 2. The van der Waals surface area contributed by atoms with E-state index in [9.17, 15) is 9.59 Å². The van der Waals surface area contributed by atoms with Gasteiger partial charge in [-0.1, -0.05) is 97.1 Å². The zero-order chi connectivity index (χ0) is 33.1. The number of carbonyl (C=O) groups excluding carboxylic acids is 2. The lowest BCUT2D eigenvalue weighted by Crippen LogP contribution is -2.61. The molecule has 8 nitrogen and oxygen atoms in total. The number of rotatable bonds is 10. The summed E-state index contributed by atoms with van der Waals surface area (Å²) in [5.74, 6) is 1.23. The summed E-state index contributed by atoms with van der Waals surface area (Å²) in [7, 11) is 0. The van der Waals surface area contributed by atoms with E-state index in [0.29, 0.717) is 25.6 Å². The zero-order valence-corrected chi connectivity index (χ0v) is 27.6. The molecule has 3 unspecified atom stereocenters. The highest BCUT2D eigenvalue weighted by molar-refractivity contribution is 5.91. The standard InChI is InChI=1S/C40H46N6O2/c1-26(47)44-40(23-35(40)31-17-16-27-10-8-9-15-30(27)20-31)39-22-33(39)24-46(36(48)38(45-39)21-32(38)18-19-43-37(41)42)25-34(28-11-4-2-5-12-28)29-13-6-3-7-14-29/h2-13,15-17,20,29,32-35,45H,14,18-19,21-25H2,1H3,(H,44,47)(H4,41,42,43)/t29?,32-,33-,34?,35-,38?,39+,40+/m1/s1. The van der Waals surface area contributed by atoms with Gasteiger partial charge in [-0.3, -0.25) is 19.9 Å². The van der Waals surface area contributed by atoms with E-state index in [0.717, 1.165) is 32.1 Å². The minimum Gasteiger partial charge on any atom is -0.370 e. The molecule has 0 bridgehead atoms. The second-order valence-corrected chi connectivity index (χ2v) is 14.9. The van der Waals surface area contributed by atoms with Gasteiger partial charge in [-0.05, 0) is 71.8 Å². The smallest absolute Gasteiger partial charge is 0.243 e. The van der Waals surface area contributed by atoms with E-state index in [4.69, 9.17) is 11.5 Å². The Morgan fingerprint density at radius 2 is 1.81 bits per heavy atom. The molecule has 4 aliphatic carbocycles. The average molecular weight is 643 g/mol. The summed E-state index contributed by atoms with van der Waals surface area (Å²) in [5, 5.41) is 9.98. The van der Waals surface area contributed by atoms with Gasteiger partial charge in [-0.25, -0.2) is 0 Å². The van der Waals surface area contributed by atoms with Gasteiger partial charge in [0.15, 0.2) is 5.96 Å². The molecule has 8 atom stereocenters. The molecule has 3 aromatic carbocycles. The van der Waals surface area contributed by atoms with Gasteiger partial charge in [0.05, 0.1) is 5.54 Å². The first-order chi connectivity index (χ1) is 23.2. The van der Waals surface area contributed by atoms with E-state index in [1.54, 1.807) is 6.92 Å². The summed E-state index contributed by atoms with van der Waals surface area (Å²) >= 11 is 0. The van der Waals surface area contributed by atoms with Crippen LogP contribution in [-0.2, 0) is 9.59 Å². The summed E-state index contributed by atoms with van der Waals surface area (Å²) in [6.45, 7) is 3.45. The lowest BCUT2D eigenvalue weighted by molar-refractivity contribution is -0.135. The van der Waals surface area contributed by atoms with Crippen LogP contribution in [0.2, 0.25) is 0 Å². The second kappa shape index (κ2) is 11.6. The highest BCUT2D eigenvalue weighted by Gasteiger charge is 2.81.